The molecule has 0 aliphatic heterocycles. The van der Waals surface area contributed by atoms with Crippen molar-refractivity contribution in [1.82, 2.24) is 15.0 Å². The first-order chi connectivity index (χ1) is 8.65. The Morgan fingerprint density at radius 2 is 2.44 bits per heavy atom. The molecule has 2 aromatic rings. The molecule has 0 spiro atoms. The monoisotopic (exact) mass is 249 g/mol. The summed E-state index contributed by atoms with van der Waals surface area (Å²) in [7, 11) is 1.98. The number of nitrogens with zero attached hydrogens (tertiary/aromatic N) is 3. The Bertz CT molecular complexity index is 530. The van der Waals surface area contributed by atoms with Crippen molar-refractivity contribution in [2.75, 3.05) is 6.54 Å². The Balaban J connectivity index is 1.71. The fourth-order valence-corrected chi connectivity index (χ4v) is 1.66. The van der Waals surface area contributed by atoms with Crippen molar-refractivity contribution in [2.24, 2.45) is 7.05 Å². The molecule has 2 heterocycles. The second kappa shape index (κ2) is 5.48. The molecule has 96 valence electrons. The predicted molar refractivity (Wildman–Crippen MR) is 63.8 cm³/mol. The highest BCUT2D eigenvalue weighted by Gasteiger charge is 2.09. The summed E-state index contributed by atoms with van der Waals surface area (Å²) in [5.74, 6) is 0.449. The molecule has 0 bridgehead atoms. The minimum atomic E-state index is -0.190. The SMILES string of the molecule is Cc1cc(C(=O)NCCCn2cc[n+](C)c2)no1. The molecule has 0 saturated carbocycles. The number of carbonyl (C=O) groups is 1. The van der Waals surface area contributed by atoms with E-state index in [0.29, 0.717) is 18.0 Å². The number of carbonyl (C=O) groups excluding carboxylic acids is 1. The molecule has 0 aliphatic carbocycles. The van der Waals surface area contributed by atoms with Crippen molar-refractivity contribution in [3.8, 4) is 0 Å². The van der Waals surface area contributed by atoms with Gasteiger partial charge in [-0.3, -0.25) is 4.79 Å². The maximum Gasteiger partial charge on any atom is 0.273 e. The van der Waals surface area contributed by atoms with Gasteiger partial charge in [0.2, 0.25) is 6.33 Å². The molecule has 2 aromatic heterocycles. The molecule has 0 saturated heterocycles. The molecule has 6 heteroatoms. The number of rotatable bonds is 5. The zero-order valence-electron chi connectivity index (χ0n) is 10.6. The van der Waals surface area contributed by atoms with Crippen LogP contribution in [0.25, 0.3) is 0 Å². The third-order valence-electron chi connectivity index (χ3n) is 2.56. The lowest BCUT2D eigenvalue weighted by molar-refractivity contribution is -0.671. The molecular formula is C12H17N4O2+. The van der Waals surface area contributed by atoms with Crippen molar-refractivity contribution in [3.63, 3.8) is 0 Å². The molecule has 2 rings (SSSR count). The molecule has 6 nitrogen and oxygen atoms in total. The Labute approximate surface area is 105 Å². The first kappa shape index (κ1) is 12.3. The van der Waals surface area contributed by atoms with E-state index < -0.39 is 0 Å². The van der Waals surface area contributed by atoms with Gasteiger partial charge in [0.05, 0.1) is 13.6 Å². The summed E-state index contributed by atoms with van der Waals surface area (Å²) in [6.07, 6.45) is 6.86. The number of hydrogen-bond acceptors (Lipinski definition) is 3. The van der Waals surface area contributed by atoms with Gasteiger partial charge in [0, 0.05) is 19.0 Å². The van der Waals surface area contributed by atoms with Crippen LogP contribution in [0, 0.1) is 6.92 Å². The van der Waals surface area contributed by atoms with Crippen molar-refractivity contribution >= 4 is 5.91 Å². The highest BCUT2D eigenvalue weighted by atomic mass is 16.5. The Morgan fingerprint density at radius 3 is 3.06 bits per heavy atom. The fraction of sp³-hybridized carbons (Fsp3) is 0.417. The highest BCUT2D eigenvalue weighted by Crippen LogP contribution is 2.00. The summed E-state index contributed by atoms with van der Waals surface area (Å²) in [6.45, 7) is 3.25. The van der Waals surface area contributed by atoms with Crippen LogP contribution in [0.15, 0.2) is 29.3 Å². The molecule has 0 radical (unpaired) electrons. The van der Waals surface area contributed by atoms with Crippen LogP contribution in [-0.4, -0.2) is 22.2 Å². The van der Waals surface area contributed by atoms with E-state index in [0.717, 1.165) is 13.0 Å². The van der Waals surface area contributed by atoms with Crippen LogP contribution in [-0.2, 0) is 13.6 Å². The van der Waals surface area contributed by atoms with Crippen molar-refractivity contribution in [2.45, 2.75) is 19.9 Å². The summed E-state index contributed by atoms with van der Waals surface area (Å²) in [5.41, 5.74) is 0.333. The lowest BCUT2D eigenvalue weighted by Crippen LogP contribution is -2.26. The first-order valence-electron chi connectivity index (χ1n) is 5.87. The van der Waals surface area contributed by atoms with Gasteiger partial charge in [0.25, 0.3) is 5.91 Å². The minimum absolute atomic E-state index is 0.190. The van der Waals surface area contributed by atoms with E-state index in [2.05, 4.69) is 15.0 Å². The number of aromatic nitrogens is 3. The average Bonchev–Trinajstić information content (AvgIpc) is 2.93. The quantitative estimate of drug-likeness (QED) is 0.617. The zero-order valence-corrected chi connectivity index (χ0v) is 10.6. The van der Waals surface area contributed by atoms with Gasteiger partial charge in [0.1, 0.15) is 18.2 Å². The van der Waals surface area contributed by atoms with Gasteiger partial charge in [-0.1, -0.05) is 5.16 Å². The van der Waals surface area contributed by atoms with Crippen LogP contribution in [0.1, 0.15) is 22.7 Å². The molecule has 1 amide bonds. The van der Waals surface area contributed by atoms with Gasteiger partial charge in [-0.25, -0.2) is 9.13 Å². The van der Waals surface area contributed by atoms with E-state index in [4.69, 9.17) is 4.52 Å². The van der Waals surface area contributed by atoms with Crippen molar-refractivity contribution in [3.05, 3.63) is 36.2 Å². The molecule has 18 heavy (non-hydrogen) atoms. The Hall–Kier alpha value is -2.11. The van der Waals surface area contributed by atoms with E-state index in [1.807, 2.05) is 30.3 Å². The maximum absolute atomic E-state index is 11.6. The predicted octanol–water partition coefficient (Wildman–Crippen LogP) is 0.429. The zero-order chi connectivity index (χ0) is 13.0. The van der Waals surface area contributed by atoms with Gasteiger partial charge in [0.15, 0.2) is 5.69 Å². The molecule has 1 N–H and O–H groups in total. The van der Waals surface area contributed by atoms with E-state index in [-0.39, 0.29) is 5.91 Å². The van der Waals surface area contributed by atoms with E-state index >= 15 is 0 Å². The van der Waals surface area contributed by atoms with Crippen LogP contribution in [0.3, 0.4) is 0 Å². The fourth-order valence-electron chi connectivity index (χ4n) is 1.66. The summed E-state index contributed by atoms with van der Waals surface area (Å²) in [4.78, 5) is 11.6. The normalized spacial score (nSPS) is 10.6. The van der Waals surface area contributed by atoms with E-state index in [9.17, 15) is 4.79 Å². The Morgan fingerprint density at radius 1 is 1.61 bits per heavy atom. The molecule has 0 unspecified atom stereocenters. The molecule has 0 atom stereocenters. The van der Waals surface area contributed by atoms with Gasteiger partial charge < -0.3 is 9.84 Å². The van der Waals surface area contributed by atoms with E-state index in [1.165, 1.54) is 0 Å². The van der Waals surface area contributed by atoms with Gasteiger partial charge >= 0.3 is 0 Å². The van der Waals surface area contributed by atoms with Gasteiger partial charge in [-0.2, -0.15) is 0 Å². The van der Waals surface area contributed by atoms with E-state index in [1.54, 1.807) is 13.0 Å². The van der Waals surface area contributed by atoms with Crippen molar-refractivity contribution in [1.29, 1.82) is 0 Å². The lowest BCUT2D eigenvalue weighted by Gasteiger charge is -2.00. The maximum atomic E-state index is 11.6. The third-order valence-corrected chi connectivity index (χ3v) is 2.56. The van der Waals surface area contributed by atoms with Crippen LogP contribution in [0.2, 0.25) is 0 Å². The average molecular weight is 249 g/mol. The first-order valence-corrected chi connectivity index (χ1v) is 5.87. The van der Waals surface area contributed by atoms with Crippen LogP contribution < -0.4 is 9.88 Å². The number of nitrogens with one attached hydrogen (secondary N) is 1. The summed E-state index contributed by atoms with van der Waals surface area (Å²) in [5, 5.41) is 6.47. The Kier molecular flexibility index (Phi) is 3.76. The number of hydrogen-bond donors (Lipinski definition) is 1. The van der Waals surface area contributed by atoms with Crippen LogP contribution in [0.5, 0.6) is 0 Å². The second-order valence-electron chi connectivity index (χ2n) is 4.25. The lowest BCUT2D eigenvalue weighted by atomic mass is 10.3. The standard InChI is InChI=1S/C12H16N4O2/c1-10-8-11(14-18-10)12(17)13-4-3-5-16-7-6-15(2)9-16/h6-9H,3-5H2,1-2H3/p+1. The number of imidazole rings is 1. The number of aryl methyl sites for hydroxylation is 3. The number of amides is 1. The molecule has 0 fully saturated rings. The topological polar surface area (TPSA) is 63.9 Å². The van der Waals surface area contributed by atoms with Crippen molar-refractivity contribution < 1.29 is 13.9 Å². The molecular weight excluding hydrogens is 232 g/mol. The highest BCUT2D eigenvalue weighted by molar-refractivity contribution is 5.92. The summed E-state index contributed by atoms with van der Waals surface area (Å²) >= 11 is 0. The largest absolute Gasteiger partial charge is 0.361 e. The molecule has 0 aromatic carbocycles. The van der Waals surface area contributed by atoms with Crippen LogP contribution in [0.4, 0.5) is 0 Å². The summed E-state index contributed by atoms with van der Waals surface area (Å²) in [6, 6.07) is 1.63. The second-order valence-corrected chi connectivity index (χ2v) is 4.25. The van der Waals surface area contributed by atoms with Crippen LogP contribution >= 0.6 is 0 Å². The van der Waals surface area contributed by atoms with Gasteiger partial charge in [-0.15, -0.1) is 0 Å². The van der Waals surface area contributed by atoms with Gasteiger partial charge in [-0.05, 0) is 6.92 Å². The minimum Gasteiger partial charge on any atom is -0.361 e. The summed E-state index contributed by atoms with van der Waals surface area (Å²) < 4.78 is 8.90. The smallest absolute Gasteiger partial charge is 0.273 e. The third kappa shape index (κ3) is 3.19. The molecule has 0 aliphatic rings.